The normalized spacial score (nSPS) is 9.91. The summed E-state index contributed by atoms with van der Waals surface area (Å²) in [5.74, 6) is -0.353. The molecule has 0 aliphatic rings. The van der Waals surface area contributed by atoms with Crippen molar-refractivity contribution in [2.75, 3.05) is 25.1 Å². The van der Waals surface area contributed by atoms with Crippen LogP contribution < -0.4 is 9.64 Å². The summed E-state index contributed by atoms with van der Waals surface area (Å²) >= 11 is 0. The summed E-state index contributed by atoms with van der Waals surface area (Å²) in [6, 6.07) is 11.2. The summed E-state index contributed by atoms with van der Waals surface area (Å²) in [4.78, 5) is 16.6. The molecule has 2 aromatic carbocycles. The molecule has 0 fully saturated rings. The summed E-state index contributed by atoms with van der Waals surface area (Å²) in [5, 5.41) is 7.20. The van der Waals surface area contributed by atoms with Crippen LogP contribution in [0.15, 0.2) is 46.9 Å². The molecule has 0 radical (unpaired) electrons. The number of amides is 2. The molecule has 35 heavy (non-hydrogen) atoms. The van der Waals surface area contributed by atoms with Gasteiger partial charge in [0.2, 0.25) is 5.89 Å². The van der Waals surface area contributed by atoms with Crippen LogP contribution in [0.25, 0.3) is 11.5 Å². The zero-order valence-corrected chi connectivity index (χ0v) is 23.6. The van der Waals surface area contributed by atoms with Gasteiger partial charge in [-0.3, -0.25) is 4.90 Å². The number of anilines is 1. The van der Waals surface area contributed by atoms with Crippen molar-refractivity contribution in [2.24, 2.45) is 0 Å². The van der Waals surface area contributed by atoms with Crippen LogP contribution in [-0.2, 0) is 27.6 Å². The number of nitrogens with zero attached hydrogens (tertiary/aromatic N) is 4. The van der Waals surface area contributed by atoms with Gasteiger partial charge in [0.15, 0.2) is 0 Å². The molecule has 3 rings (SSSR count). The largest absolute Gasteiger partial charge is 0.495 e. The number of aromatic nitrogens is 2. The van der Waals surface area contributed by atoms with Gasteiger partial charge in [-0.25, -0.2) is 9.18 Å². The van der Waals surface area contributed by atoms with Crippen LogP contribution in [0.4, 0.5) is 19.3 Å². The number of rotatable bonds is 9. The van der Waals surface area contributed by atoms with E-state index in [1.54, 1.807) is 41.3 Å². The SMILES string of the molecule is CC.CCCN(CC)C(=O)N(Cc1ccc(-c2nnc([CH-]F)o2)cc1F)c1ccccc1OC.[W]. The van der Waals surface area contributed by atoms with Gasteiger partial charge in [0.25, 0.3) is 0 Å². The zero-order valence-electron chi connectivity index (χ0n) is 20.6. The standard InChI is InChI=1S/C23H25F2N4O3.C2H6.W/c1-4-12-28(5-2)23(30)29(19-8-6-7-9-20(19)31-3)15-17-11-10-16(13-18(17)25)22-27-26-21(14-24)32-22;1-2;/h6-11,13-14H,4-5,12,15H2,1-3H3;1-2H3;/q-1;;. The van der Waals surface area contributed by atoms with E-state index in [0.717, 1.165) is 6.42 Å². The number of hydrogen-bond acceptors (Lipinski definition) is 5. The molecule has 0 spiro atoms. The summed E-state index contributed by atoms with van der Waals surface area (Å²) < 4.78 is 38.1. The minimum Gasteiger partial charge on any atom is -0.495 e. The first kappa shape index (κ1) is 30.1. The third-order valence-corrected chi connectivity index (χ3v) is 4.92. The molecule has 3 aromatic rings. The number of carbonyl (C=O) groups is 1. The number of carbonyl (C=O) groups excluding carboxylic acids is 1. The van der Waals surface area contributed by atoms with Crippen LogP contribution in [0.1, 0.15) is 45.6 Å². The van der Waals surface area contributed by atoms with Gasteiger partial charge in [-0.2, -0.15) is 0 Å². The Labute approximate surface area is 219 Å². The third kappa shape index (κ3) is 7.52. The summed E-state index contributed by atoms with van der Waals surface area (Å²) in [7, 11) is 1.52. The van der Waals surface area contributed by atoms with Gasteiger partial charge in [0.1, 0.15) is 17.5 Å². The van der Waals surface area contributed by atoms with Crippen molar-refractivity contribution in [2.45, 2.75) is 40.7 Å². The predicted molar refractivity (Wildman–Crippen MR) is 128 cm³/mol. The van der Waals surface area contributed by atoms with Crippen molar-refractivity contribution >= 4 is 11.7 Å². The van der Waals surface area contributed by atoms with E-state index in [0.29, 0.717) is 30.1 Å². The van der Waals surface area contributed by atoms with Gasteiger partial charge in [-0.15, -0.1) is 16.9 Å². The number of methoxy groups -OCH3 is 1. The molecule has 190 valence electrons. The summed E-state index contributed by atoms with van der Waals surface area (Å²) in [6.45, 7) is 9.15. The number of urea groups is 1. The van der Waals surface area contributed by atoms with Crippen molar-refractivity contribution in [1.82, 2.24) is 15.1 Å². The number of halogens is 2. The summed E-state index contributed by atoms with van der Waals surface area (Å²) in [6.07, 6.45) is 0.797. The van der Waals surface area contributed by atoms with E-state index >= 15 is 4.39 Å². The maximum atomic E-state index is 15.0. The van der Waals surface area contributed by atoms with Gasteiger partial charge in [-0.05, 0) is 37.6 Å². The minimum atomic E-state index is -0.558. The fourth-order valence-electron chi connectivity index (χ4n) is 3.31. The van der Waals surface area contributed by atoms with Crippen molar-refractivity contribution < 1.29 is 43.8 Å². The Morgan fingerprint density at radius 2 is 1.86 bits per heavy atom. The molecule has 0 atom stereocenters. The number of ether oxygens (including phenoxy) is 1. The minimum absolute atomic E-state index is 0. The Bertz CT molecular complexity index is 1060. The van der Waals surface area contributed by atoms with Gasteiger partial charge in [-0.1, -0.05) is 39.0 Å². The smallest absolute Gasteiger partial charge is 0.324 e. The molecular formula is C25H31F2N4O3W-. The van der Waals surface area contributed by atoms with Crippen LogP contribution in [-0.4, -0.2) is 41.3 Å². The Kier molecular flexibility index (Phi) is 13.0. The van der Waals surface area contributed by atoms with Crippen molar-refractivity contribution in [3.05, 3.63) is 66.4 Å². The van der Waals surface area contributed by atoms with E-state index in [1.807, 2.05) is 27.7 Å². The zero-order chi connectivity index (χ0) is 25.1. The van der Waals surface area contributed by atoms with Crippen LogP contribution in [0.5, 0.6) is 5.75 Å². The molecule has 2 amide bonds. The molecular weight excluding hydrogens is 626 g/mol. The van der Waals surface area contributed by atoms with E-state index in [4.69, 9.17) is 9.15 Å². The van der Waals surface area contributed by atoms with E-state index in [9.17, 15) is 9.18 Å². The molecule has 0 bridgehead atoms. The van der Waals surface area contributed by atoms with Crippen LogP contribution in [0, 0.1) is 12.5 Å². The summed E-state index contributed by atoms with van der Waals surface area (Å²) in [5.41, 5.74) is 1.14. The molecule has 0 saturated heterocycles. The van der Waals surface area contributed by atoms with E-state index in [-0.39, 0.29) is 57.7 Å². The predicted octanol–water partition coefficient (Wildman–Crippen LogP) is 6.25. The van der Waals surface area contributed by atoms with Crippen LogP contribution in [0.2, 0.25) is 0 Å². The van der Waals surface area contributed by atoms with Crippen molar-refractivity contribution in [3.8, 4) is 17.2 Å². The van der Waals surface area contributed by atoms with Crippen LogP contribution in [0.3, 0.4) is 0 Å². The van der Waals surface area contributed by atoms with Crippen molar-refractivity contribution in [1.29, 1.82) is 0 Å². The second-order valence-corrected chi connectivity index (χ2v) is 6.98. The molecule has 0 unspecified atom stereocenters. The molecule has 1 aromatic heterocycles. The topological polar surface area (TPSA) is 71.7 Å². The van der Waals surface area contributed by atoms with Gasteiger partial charge < -0.3 is 18.4 Å². The Balaban J connectivity index is 0.00000199. The van der Waals surface area contributed by atoms with Gasteiger partial charge in [0, 0.05) is 45.3 Å². The number of hydrogen-bond donors (Lipinski definition) is 0. The quantitative estimate of drug-likeness (QED) is 0.255. The molecule has 0 saturated carbocycles. The molecule has 10 heteroatoms. The molecule has 0 aliphatic carbocycles. The second-order valence-electron chi connectivity index (χ2n) is 6.98. The van der Waals surface area contributed by atoms with Gasteiger partial charge in [0.05, 0.1) is 19.3 Å². The van der Waals surface area contributed by atoms with Crippen LogP contribution >= 0.6 is 0 Å². The average molecular weight is 657 g/mol. The third-order valence-electron chi connectivity index (χ3n) is 4.92. The molecule has 0 N–H and O–H groups in total. The first-order valence-electron chi connectivity index (χ1n) is 11.3. The first-order valence-corrected chi connectivity index (χ1v) is 11.3. The van der Waals surface area contributed by atoms with E-state index in [1.165, 1.54) is 18.1 Å². The molecule has 7 nitrogen and oxygen atoms in total. The Hall–Kier alpha value is -2.93. The van der Waals surface area contributed by atoms with Crippen molar-refractivity contribution in [3.63, 3.8) is 0 Å². The Morgan fingerprint density at radius 3 is 2.43 bits per heavy atom. The number of benzene rings is 2. The average Bonchev–Trinajstić information content (AvgIpc) is 3.37. The second kappa shape index (κ2) is 15.1. The maximum absolute atomic E-state index is 15.0. The fraction of sp³-hybridized carbons (Fsp3) is 0.360. The molecule has 0 aliphatic heterocycles. The van der Waals surface area contributed by atoms with E-state index < -0.39 is 5.82 Å². The number of para-hydroxylation sites is 2. The monoisotopic (exact) mass is 657 g/mol. The molecule has 1 heterocycles. The fourth-order valence-corrected chi connectivity index (χ4v) is 3.31. The van der Waals surface area contributed by atoms with Gasteiger partial charge >= 0.3 is 6.03 Å². The van der Waals surface area contributed by atoms with E-state index in [2.05, 4.69) is 10.2 Å². The Morgan fingerprint density at radius 1 is 1.14 bits per heavy atom. The maximum Gasteiger partial charge on any atom is 0.324 e. The first-order chi connectivity index (χ1) is 16.5.